The van der Waals surface area contributed by atoms with Crippen molar-refractivity contribution in [3.05, 3.63) is 30.4 Å². The molecule has 0 N–H and O–H groups in total. The standard InChI is InChI=1S/C9H9NO2/c11-9-4-6-10(9)5-3-8-2-1-7-12-8/h1-3,5,7H,4,6H2. The number of β-lactam (4-membered cyclic amide) rings is 1. The lowest BCUT2D eigenvalue weighted by Crippen LogP contribution is -2.38. The van der Waals surface area contributed by atoms with Crippen LogP contribution in [0.1, 0.15) is 12.2 Å². The molecule has 2 rings (SSSR count). The van der Waals surface area contributed by atoms with Crippen LogP contribution >= 0.6 is 0 Å². The van der Waals surface area contributed by atoms with E-state index < -0.39 is 0 Å². The van der Waals surface area contributed by atoms with Crippen LogP contribution in [0.15, 0.2) is 29.0 Å². The first-order chi connectivity index (χ1) is 5.86. The SMILES string of the molecule is O=C1CCN1C=Cc1ccco1. The van der Waals surface area contributed by atoms with Gasteiger partial charge < -0.3 is 9.32 Å². The number of likely N-dealkylation sites (tertiary alicyclic amines) is 1. The maximum absolute atomic E-state index is 10.8. The number of amides is 1. The fourth-order valence-corrected chi connectivity index (χ4v) is 1.04. The fraction of sp³-hybridized carbons (Fsp3) is 0.222. The van der Waals surface area contributed by atoms with Gasteiger partial charge in [-0.1, -0.05) is 0 Å². The van der Waals surface area contributed by atoms with Crippen molar-refractivity contribution in [2.75, 3.05) is 6.54 Å². The Balaban J connectivity index is 1.98. The van der Waals surface area contributed by atoms with E-state index >= 15 is 0 Å². The average Bonchev–Trinajstić information content (AvgIpc) is 2.54. The highest BCUT2D eigenvalue weighted by Gasteiger charge is 2.20. The summed E-state index contributed by atoms with van der Waals surface area (Å²) >= 11 is 0. The molecule has 0 aliphatic carbocycles. The van der Waals surface area contributed by atoms with E-state index in [-0.39, 0.29) is 5.91 Å². The van der Waals surface area contributed by atoms with Crippen molar-refractivity contribution in [3.63, 3.8) is 0 Å². The number of carbonyl (C=O) groups excluding carboxylic acids is 1. The second kappa shape index (κ2) is 2.85. The lowest BCUT2D eigenvalue weighted by molar-refractivity contribution is -0.135. The van der Waals surface area contributed by atoms with Crippen molar-refractivity contribution in [1.29, 1.82) is 0 Å². The van der Waals surface area contributed by atoms with E-state index in [4.69, 9.17) is 4.42 Å². The summed E-state index contributed by atoms with van der Waals surface area (Å²) in [6.07, 6.45) is 5.82. The molecule has 2 heterocycles. The molecule has 0 radical (unpaired) electrons. The van der Waals surface area contributed by atoms with E-state index in [1.165, 1.54) is 0 Å². The van der Waals surface area contributed by atoms with Crippen molar-refractivity contribution in [2.45, 2.75) is 6.42 Å². The normalized spacial score (nSPS) is 17.0. The van der Waals surface area contributed by atoms with E-state index in [2.05, 4.69) is 0 Å². The third-order valence-electron chi connectivity index (χ3n) is 1.85. The van der Waals surface area contributed by atoms with Gasteiger partial charge >= 0.3 is 0 Å². The summed E-state index contributed by atoms with van der Waals surface area (Å²) in [6, 6.07) is 3.67. The first-order valence-electron chi connectivity index (χ1n) is 3.87. The molecule has 0 atom stereocenters. The lowest BCUT2D eigenvalue weighted by atomic mass is 10.2. The number of furan rings is 1. The number of rotatable bonds is 2. The minimum atomic E-state index is 0.179. The Kier molecular flexibility index (Phi) is 1.70. The van der Waals surface area contributed by atoms with Crippen LogP contribution in [0.4, 0.5) is 0 Å². The quantitative estimate of drug-likeness (QED) is 0.619. The van der Waals surface area contributed by atoms with Gasteiger partial charge in [0.2, 0.25) is 5.91 Å². The summed E-state index contributed by atoms with van der Waals surface area (Å²) in [5.41, 5.74) is 0. The maximum atomic E-state index is 10.8. The van der Waals surface area contributed by atoms with Crippen LogP contribution in [-0.2, 0) is 4.79 Å². The molecule has 0 saturated carbocycles. The van der Waals surface area contributed by atoms with Crippen molar-refractivity contribution in [3.8, 4) is 0 Å². The van der Waals surface area contributed by atoms with Gasteiger partial charge in [-0.25, -0.2) is 0 Å². The van der Waals surface area contributed by atoms with E-state index in [0.29, 0.717) is 6.42 Å². The van der Waals surface area contributed by atoms with E-state index in [1.54, 1.807) is 23.4 Å². The topological polar surface area (TPSA) is 33.5 Å². The van der Waals surface area contributed by atoms with Gasteiger partial charge in [0.1, 0.15) is 5.76 Å². The first-order valence-corrected chi connectivity index (χ1v) is 3.87. The number of nitrogens with zero attached hydrogens (tertiary/aromatic N) is 1. The molecule has 1 saturated heterocycles. The van der Waals surface area contributed by atoms with Crippen molar-refractivity contribution >= 4 is 12.0 Å². The minimum absolute atomic E-state index is 0.179. The summed E-state index contributed by atoms with van der Waals surface area (Å²) in [4.78, 5) is 12.5. The van der Waals surface area contributed by atoms with Gasteiger partial charge in [-0.2, -0.15) is 0 Å². The summed E-state index contributed by atoms with van der Waals surface area (Å²) in [6.45, 7) is 0.829. The highest BCUT2D eigenvalue weighted by atomic mass is 16.3. The van der Waals surface area contributed by atoms with Crippen LogP contribution in [-0.4, -0.2) is 17.4 Å². The van der Waals surface area contributed by atoms with Crippen LogP contribution in [0.3, 0.4) is 0 Å². The monoisotopic (exact) mass is 163 g/mol. The third-order valence-corrected chi connectivity index (χ3v) is 1.85. The van der Waals surface area contributed by atoms with Gasteiger partial charge in [0.25, 0.3) is 0 Å². The second-order valence-corrected chi connectivity index (χ2v) is 2.67. The molecule has 62 valence electrons. The number of carbonyl (C=O) groups is 1. The zero-order valence-electron chi connectivity index (χ0n) is 6.56. The summed E-state index contributed by atoms with van der Waals surface area (Å²) in [5, 5.41) is 0. The smallest absolute Gasteiger partial charge is 0.228 e. The van der Waals surface area contributed by atoms with E-state index in [1.807, 2.05) is 12.1 Å². The second-order valence-electron chi connectivity index (χ2n) is 2.67. The third kappa shape index (κ3) is 1.25. The predicted molar refractivity (Wildman–Crippen MR) is 44.1 cm³/mol. The molecular formula is C9H9NO2. The van der Waals surface area contributed by atoms with Gasteiger partial charge in [-0.3, -0.25) is 4.79 Å². The van der Waals surface area contributed by atoms with Crippen molar-refractivity contribution in [2.24, 2.45) is 0 Å². The first kappa shape index (κ1) is 7.16. The molecule has 3 heteroatoms. The summed E-state index contributed by atoms with van der Waals surface area (Å²) in [7, 11) is 0. The van der Waals surface area contributed by atoms with Gasteiger partial charge in [-0.05, 0) is 18.2 Å². The molecule has 0 bridgehead atoms. The molecule has 12 heavy (non-hydrogen) atoms. The molecule has 0 spiro atoms. The highest BCUT2D eigenvalue weighted by molar-refractivity contribution is 5.83. The molecular weight excluding hydrogens is 154 g/mol. The highest BCUT2D eigenvalue weighted by Crippen LogP contribution is 2.11. The summed E-state index contributed by atoms with van der Waals surface area (Å²) < 4.78 is 5.06. The molecule has 1 fully saturated rings. The van der Waals surface area contributed by atoms with Crippen LogP contribution in [0.25, 0.3) is 6.08 Å². The Morgan fingerprint density at radius 1 is 1.58 bits per heavy atom. The molecule has 0 aromatic carbocycles. The van der Waals surface area contributed by atoms with Gasteiger partial charge in [-0.15, -0.1) is 0 Å². The summed E-state index contributed by atoms with van der Waals surface area (Å²) in [5.74, 6) is 0.951. The molecule has 1 aliphatic rings. The Morgan fingerprint density at radius 2 is 2.50 bits per heavy atom. The molecule has 1 aromatic rings. The molecule has 1 aliphatic heterocycles. The van der Waals surface area contributed by atoms with Crippen molar-refractivity contribution < 1.29 is 9.21 Å². The van der Waals surface area contributed by atoms with Crippen LogP contribution < -0.4 is 0 Å². The van der Waals surface area contributed by atoms with Gasteiger partial charge in [0, 0.05) is 19.2 Å². The molecule has 0 unspecified atom stereocenters. The number of hydrogen-bond donors (Lipinski definition) is 0. The molecule has 3 nitrogen and oxygen atoms in total. The lowest BCUT2D eigenvalue weighted by Gasteiger charge is -2.26. The van der Waals surface area contributed by atoms with Crippen molar-refractivity contribution in [1.82, 2.24) is 4.90 Å². The fourth-order valence-electron chi connectivity index (χ4n) is 1.04. The van der Waals surface area contributed by atoms with E-state index in [9.17, 15) is 4.79 Å². The largest absolute Gasteiger partial charge is 0.465 e. The minimum Gasteiger partial charge on any atom is -0.465 e. The average molecular weight is 163 g/mol. The Labute approximate surface area is 70.3 Å². The van der Waals surface area contributed by atoms with Gasteiger partial charge in [0.05, 0.1) is 6.26 Å². The Bertz CT molecular complexity index is 300. The molecule has 1 aromatic heterocycles. The van der Waals surface area contributed by atoms with Crippen LogP contribution in [0, 0.1) is 0 Å². The predicted octanol–water partition coefficient (Wildman–Crippen LogP) is 1.48. The zero-order valence-corrected chi connectivity index (χ0v) is 6.56. The zero-order chi connectivity index (χ0) is 8.39. The maximum Gasteiger partial charge on any atom is 0.228 e. The Hall–Kier alpha value is -1.51. The number of hydrogen-bond acceptors (Lipinski definition) is 2. The Morgan fingerprint density at radius 3 is 3.00 bits per heavy atom. The van der Waals surface area contributed by atoms with Crippen LogP contribution in [0.2, 0.25) is 0 Å². The van der Waals surface area contributed by atoms with Crippen LogP contribution in [0.5, 0.6) is 0 Å². The van der Waals surface area contributed by atoms with E-state index in [0.717, 1.165) is 12.3 Å². The van der Waals surface area contributed by atoms with Gasteiger partial charge in [0.15, 0.2) is 0 Å². The molecule has 1 amide bonds.